The molecule has 0 unspecified atom stereocenters. The summed E-state index contributed by atoms with van der Waals surface area (Å²) in [5.41, 5.74) is 2.58. The van der Waals surface area contributed by atoms with Gasteiger partial charge < -0.3 is 14.2 Å². The van der Waals surface area contributed by atoms with Crippen LogP contribution in [0.2, 0.25) is 0 Å². The molecule has 0 fully saturated rings. The molecule has 40 heavy (non-hydrogen) atoms. The van der Waals surface area contributed by atoms with Gasteiger partial charge in [0.1, 0.15) is 5.54 Å². The fourth-order valence-corrected chi connectivity index (χ4v) is 7.74. The Bertz CT molecular complexity index is 1770. The molecular weight excluding hydrogens is 528 g/mol. The molecule has 4 aromatic rings. The van der Waals surface area contributed by atoms with Crippen molar-refractivity contribution in [3.8, 4) is 11.5 Å². The minimum atomic E-state index is -4.03. The molecule has 2 aliphatic heterocycles. The van der Waals surface area contributed by atoms with E-state index in [0.717, 1.165) is 22.1 Å². The number of para-hydroxylation sites is 1. The zero-order valence-corrected chi connectivity index (χ0v) is 23.6. The second-order valence-electron chi connectivity index (χ2n) is 10.1. The van der Waals surface area contributed by atoms with E-state index in [1.807, 2.05) is 60.4 Å². The van der Waals surface area contributed by atoms with Gasteiger partial charge in [-0.05, 0) is 48.4 Å². The number of carbonyl (C=O) groups is 1. The highest BCUT2D eigenvalue weighted by atomic mass is 32.2. The molecule has 3 heterocycles. The van der Waals surface area contributed by atoms with E-state index in [1.54, 1.807) is 44.6 Å². The Morgan fingerprint density at radius 3 is 2.38 bits per heavy atom. The number of benzene rings is 3. The number of aryl methyl sites for hydroxylation is 1. The van der Waals surface area contributed by atoms with E-state index in [0.29, 0.717) is 29.3 Å². The van der Waals surface area contributed by atoms with Gasteiger partial charge >= 0.3 is 5.97 Å². The van der Waals surface area contributed by atoms with Crippen molar-refractivity contribution in [2.24, 2.45) is 0 Å². The first-order chi connectivity index (χ1) is 19.3. The first kappa shape index (κ1) is 26.2. The zero-order chi connectivity index (χ0) is 28.2. The lowest BCUT2D eigenvalue weighted by Crippen LogP contribution is -2.57. The number of ether oxygens (including phenoxy) is 3. The Labute approximate surface area is 233 Å². The summed E-state index contributed by atoms with van der Waals surface area (Å²) >= 11 is 0. The lowest BCUT2D eigenvalue weighted by Gasteiger charge is -2.45. The molecule has 9 heteroatoms. The quantitative estimate of drug-likeness (QED) is 0.252. The molecule has 0 spiro atoms. The summed E-state index contributed by atoms with van der Waals surface area (Å²) in [6, 6.07) is 19.2. The van der Waals surface area contributed by atoms with Crippen LogP contribution in [-0.2, 0) is 26.0 Å². The van der Waals surface area contributed by atoms with Crippen molar-refractivity contribution in [3.05, 3.63) is 101 Å². The maximum Gasteiger partial charge on any atom is 0.330 e. The van der Waals surface area contributed by atoms with Crippen molar-refractivity contribution in [1.82, 2.24) is 8.87 Å². The summed E-state index contributed by atoms with van der Waals surface area (Å²) in [6.07, 6.45) is 4.10. The van der Waals surface area contributed by atoms with E-state index in [2.05, 4.69) is 0 Å². The number of hydrogen-bond donors (Lipinski definition) is 0. The first-order valence-corrected chi connectivity index (χ1v) is 14.4. The number of methoxy groups -OCH3 is 3. The molecule has 0 N–H and O–H groups in total. The number of fused-ring (bicyclic) bond motifs is 4. The van der Waals surface area contributed by atoms with Crippen LogP contribution in [0.1, 0.15) is 28.4 Å². The average molecular weight is 559 g/mol. The largest absolute Gasteiger partial charge is 0.493 e. The highest BCUT2D eigenvalue weighted by Crippen LogP contribution is 2.50. The van der Waals surface area contributed by atoms with Gasteiger partial charge in [0.05, 0.1) is 43.5 Å². The van der Waals surface area contributed by atoms with Crippen LogP contribution < -0.4 is 9.47 Å². The molecule has 2 aliphatic rings. The van der Waals surface area contributed by atoms with Crippen LogP contribution >= 0.6 is 0 Å². The third-order valence-electron chi connectivity index (χ3n) is 8.02. The minimum Gasteiger partial charge on any atom is -0.493 e. The van der Waals surface area contributed by atoms with Crippen molar-refractivity contribution in [2.45, 2.75) is 29.8 Å². The molecule has 6 rings (SSSR count). The fourth-order valence-electron chi connectivity index (χ4n) is 6.16. The van der Waals surface area contributed by atoms with E-state index in [9.17, 15) is 13.2 Å². The second kappa shape index (κ2) is 9.53. The minimum absolute atomic E-state index is 0.192. The van der Waals surface area contributed by atoms with Crippen LogP contribution in [0.3, 0.4) is 0 Å². The summed E-state index contributed by atoms with van der Waals surface area (Å²) in [6.45, 7) is 2.35. The summed E-state index contributed by atoms with van der Waals surface area (Å²) in [5.74, 6) is 0.663. The molecule has 0 saturated heterocycles. The molecule has 0 aliphatic carbocycles. The monoisotopic (exact) mass is 558 g/mol. The second-order valence-corrected chi connectivity index (χ2v) is 11.9. The number of nitrogens with zero attached hydrogens (tertiary/aromatic N) is 2. The molecule has 3 aromatic carbocycles. The summed E-state index contributed by atoms with van der Waals surface area (Å²) in [5, 5.41) is 0.780. The lowest BCUT2D eigenvalue weighted by atomic mass is 9.80. The van der Waals surface area contributed by atoms with E-state index >= 15 is 0 Å². The van der Waals surface area contributed by atoms with Gasteiger partial charge in [-0.2, -0.15) is 0 Å². The van der Waals surface area contributed by atoms with Gasteiger partial charge in [0.25, 0.3) is 10.0 Å². The lowest BCUT2D eigenvalue weighted by molar-refractivity contribution is -0.152. The highest BCUT2D eigenvalue weighted by Gasteiger charge is 2.55. The highest BCUT2D eigenvalue weighted by molar-refractivity contribution is 7.90. The van der Waals surface area contributed by atoms with E-state index < -0.39 is 27.6 Å². The number of esters is 1. The Morgan fingerprint density at radius 2 is 1.68 bits per heavy atom. The number of hydrogen-bond acceptors (Lipinski definition) is 7. The molecule has 2 atom stereocenters. The molecule has 0 amide bonds. The maximum absolute atomic E-state index is 14.4. The number of aromatic nitrogens is 1. The van der Waals surface area contributed by atoms with Gasteiger partial charge in [-0.25, -0.2) is 17.2 Å². The van der Waals surface area contributed by atoms with Gasteiger partial charge in [0, 0.05) is 18.4 Å². The Kier molecular flexibility index (Phi) is 6.23. The molecule has 0 radical (unpaired) electrons. The van der Waals surface area contributed by atoms with Crippen LogP contribution in [0.25, 0.3) is 10.9 Å². The van der Waals surface area contributed by atoms with Crippen molar-refractivity contribution in [3.63, 3.8) is 0 Å². The van der Waals surface area contributed by atoms with Crippen molar-refractivity contribution >= 4 is 26.9 Å². The van der Waals surface area contributed by atoms with E-state index in [1.165, 1.54) is 11.1 Å². The molecule has 0 bridgehead atoms. The SMILES string of the molecule is COC(=O)[C@]12C=CCN1[C@@H](c1ccc(OC)c(OC)c1)c1c(c3ccccc3n1S(=O)(=O)c1ccc(C)cc1)C2. The average Bonchev–Trinajstić information content (AvgIpc) is 3.55. The first-order valence-electron chi connectivity index (χ1n) is 13.0. The fraction of sp³-hybridized carbons (Fsp3) is 0.258. The summed E-state index contributed by atoms with van der Waals surface area (Å²) < 4.78 is 46.8. The molecule has 8 nitrogen and oxygen atoms in total. The predicted molar refractivity (Wildman–Crippen MR) is 151 cm³/mol. The third-order valence-corrected chi connectivity index (χ3v) is 9.76. The Hall–Kier alpha value is -4.08. The standard InChI is InChI=1S/C31H30N2O6S/c1-20-10-13-22(14-11-20)40(35,36)33-25-9-6-5-8-23(25)24-19-31(30(34)39-4)16-7-17-32(31)28(29(24)33)21-12-15-26(37-2)27(18-21)38-3/h5-16,18,28H,17,19H2,1-4H3/t28-,31+/m0/s1. The van der Waals surface area contributed by atoms with Crippen LogP contribution in [0.5, 0.6) is 11.5 Å². The van der Waals surface area contributed by atoms with Gasteiger partial charge in [-0.1, -0.05) is 54.1 Å². The maximum atomic E-state index is 14.4. The Balaban J connectivity index is 1.71. The van der Waals surface area contributed by atoms with Crippen molar-refractivity contribution < 1.29 is 27.4 Å². The van der Waals surface area contributed by atoms with Gasteiger partial charge in [0.2, 0.25) is 0 Å². The van der Waals surface area contributed by atoms with Crippen LogP contribution in [0.4, 0.5) is 0 Å². The number of carbonyl (C=O) groups excluding carboxylic acids is 1. The topological polar surface area (TPSA) is 87.1 Å². The zero-order valence-electron chi connectivity index (χ0n) is 22.7. The van der Waals surface area contributed by atoms with Gasteiger partial charge in [0.15, 0.2) is 11.5 Å². The molecule has 206 valence electrons. The molecule has 0 saturated carbocycles. The number of rotatable bonds is 6. The van der Waals surface area contributed by atoms with Gasteiger partial charge in [-0.15, -0.1) is 0 Å². The van der Waals surface area contributed by atoms with Crippen molar-refractivity contribution in [1.29, 1.82) is 0 Å². The van der Waals surface area contributed by atoms with Crippen LogP contribution in [0.15, 0.2) is 83.8 Å². The summed E-state index contributed by atoms with van der Waals surface area (Å²) in [7, 11) is 0.479. The predicted octanol–water partition coefficient (Wildman–Crippen LogP) is 4.63. The molecule has 1 aromatic heterocycles. The van der Waals surface area contributed by atoms with Crippen LogP contribution in [-0.4, -0.2) is 56.7 Å². The smallest absolute Gasteiger partial charge is 0.330 e. The van der Waals surface area contributed by atoms with Gasteiger partial charge in [-0.3, -0.25) is 4.90 Å². The summed E-state index contributed by atoms with van der Waals surface area (Å²) in [4.78, 5) is 15.7. The normalized spacial score (nSPS) is 20.2. The molecular formula is C31H30N2O6S. The Morgan fingerprint density at radius 1 is 0.950 bits per heavy atom. The third kappa shape index (κ3) is 3.68. The van der Waals surface area contributed by atoms with Crippen LogP contribution in [0, 0.1) is 6.92 Å². The van der Waals surface area contributed by atoms with E-state index in [-0.39, 0.29) is 11.3 Å². The van der Waals surface area contributed by atoms with Crippen molar-refractivity contribution in [2.75, 3.05) is 27.9 Å². The van der Waals surface area contributed by atoms with E-state index in [4.69, 9.17) is 14.2 Å².